The van der Waals surface area contributed by atoms with Crippen LogP contribution in [0, 0.1) is 28.9 Å². The van der Waals surface area contributed by atoms with Crippen molar-refractivity contribution >= 4 is 16.9 Å². The molecule has 3 aromatic carbocycles. The number of nitrogens with zero attached hydrogens (tertiary/aromatic N) is 3. The Kier molecular flexibility index (Phi) is 5.78. The van der Waals surface area contributed by atoms with Crippen LogP contribution in [-0.4, -0.2) is 34.7 Å². The highest BCUT2D eigenvalue weighted by molar-refractivity contribution is 5.96. The lowest BCUT2D eigenvalue weighted by atomic mass is 9.99. The van der Waals surface area contributed by atoms with Crippen LogP contribution in [-0.2, 0) is 0 Å². The molecule has 34 heavy (non-hydrogen) atoms. The Hall–Kier alpha value is -4.09. The molecule has 8 heteroatoms. The van der Waals surface area contributed by atoms with Gasteiger partial charge in [-0.05, 0) is 61.3 Å². The molecule has 1 saturated heterocycles. The summed E-state index contributed by atoms with van der Waals surface area (Å²) in [5.74, 6) is -0.934. The standard InChI is InChI=1S/C26H21F2N5O/c27-21-11-17(4-5-18(21)12-29)25-20-10-16(19-2-1-3-23(34)24(19)28)6-7-22(20)32-26(33-25)31-14-15-8-9-30-13-15/h1-7,10-11,15,30,34H,8-9,13-14H2,(H,31,32,33). The van der Waals surface area contributed by atoms with Crippen molar-refractivity contribution < 1.29 is 13.9 Å². The Bertz CT molecular complexity index is 1430. The highest BCUT2D eigenvalue weighted by atomic mass is 19.1. The van der Waals surface area contributed by atoms with Crippen molar-refractivity contribution in [2.45, 2.75) is 6.42 Å². The summed E-state index contributed by atoms with van der Waals surface area (Å²) in [5.41, 5.74) is 2.24. The van der Waals surface area contributed by atoms with Crippen LogP contribution in [0.4, 0.5) is 14.7 Å². The number of fused-ring (bicyclic) bond motifs is 1. The van der Waals surface area contributed by atoms with Crippen LogP contribution in [0.1, 0.15) is 12.0 Å². The zero-order valence-electron chi connectivity index (χ0n) is 18.1. The number of phenolic OH excluding ortho intramolecular Hbond substituents is 1. The average Bonchev–Trinajstić information content (AvgIpc) is 3.37. The first-order valence-corrected chi connectivity index (χ1v) is 11.0. The molecule has 1 aliphatic heterocycles. The van der Waals surface area contributed by atoms with Crippen molar-refractivity contribution in [3.63, 3.8) is 0 Å². The lowest BCUT2D eigenvalue weighted by Crippen LogP contribution is -2.18. The van der Waals surface area contributed by atoms with Gasteiger partial charge in [-0.25, -0.2) is 18.7 Å². The molecular formula is C26H21F2N5O. The fraction of sp³-hybridized carbons (Fsp3) is 0.192. The number of phenols is 1. The number of nitrogens with one attached hydrogen (secondary N) is 2. The fourth-order valence-electron chi connectivity index (χ4n) is 4.22. The van der Waals surface area contributed by atoms with Gasteiger partial charge in [0.2, 0.25) is 5.95 Å². The molecule has 1 atom stereocenters. The lowest BCUT2D eigenvalue weighted by Gasteiger charge is -2.14. The molecule has 1 aliphatic rings. The van der Waals surface area contributed by atoms with Gasteiger partial charge in [-0.3, -0.25) is 0 Å². The zero-order valence-corrected chi connectivity index (χ0v) is 18.1. The number of aromatic nitrogens is 2. The highest BCUT2D eigenvalue weighted by Crippen LogP contribution is 2.34. The van der Waals surface area contributed by atoms with Crippen LogP contribution < -0.4 is 10.6 Å². The van der Waals surface area contributed by atoms with E-state index in [9.17, 15) is 13.9 Å². The van der Waals surface area contributed by atoms with Crippen molar-refractivity contribution in [1.29, 1.82) is 5.26 Å². The van der Waals surface area contributed by atoms with Gasteiger partial charge in [0.25, 0.3) is 0 Å². The molecule has 3 N–H and O–H groups in total. The predicted molar refractivity (Wildman–Crippen MR) is 126 cm³/mol. The number of benzene rings is 3. The normalized spacial score (nSPS) is 15.4. The highest BCUT2D eigenvalue weighted by Gasteiger charge is 2.18. The van der Waals surface area contributed by atoms with Gasteiger partial charge in [0, 0.05) is 23.1 Å². The topological polar surface area (TPSA) is 93.9 Å². The number of halogens is 2. The third-order valence-electron chi connectivity index (χ3n) is 6.06. The van der Waals surface area contributed by atoms with Crippen LogP contribution >= 0.6 is 0 Å². The molecular weight excluding hydrogens is 436 g/mol. The van der Waals surface area contributed by atoms with Crippen LogP contribution in [0.3, 0.4) is 0 Å². The van der Waals surface area contributed by atoms with Crippen LogP contribution in [0.5, 0.6) is 5.75 Å². The Labute approximate surface area is 194 Å². The lowest BCUT2D eigenvalue weighted by molar-refractivity contribution is 0.433. The van der Waals surface area contributed by atoms with Crippen molar-refractivity contribution in [3.8, 4) is 34.2 Å². The van der Waals surface area contributed by atoms with Gasteiger partial charge < -0.3 is 15.7 Å². The third kappa shape index (κ3) is 4.14. The summed E-state index contributed by atoms with van der Waals surface area (Å²) in [6.07, 6.45) is 1.06. The predicted octanol–water partition coefficient (Wildman–Crippen LogP) is 4.84. The number of aromatic hydroxyl groups is 1. The van der Waals surface area contributed by atoms with E-state index in [4.69, 9.17) is 5.26 Å². The van der Waals surface area contributed by atoms with Crippen LogP contribution in [0.15, 0.2) is 54.6 Å². The summed E-state index contributed by atoms with van der Waals surface area (Å²) in [5, 5.41) is 26.1. The molecule has 1 aromatic heterocycles. The molecule has 0 radical (unpaired) electrons. The monoisotopic (exact) mass is 457 g/mol. The summed E-state index contributed by atoms with van der Waals surface area (Å²) < 4.78 is 29.0. The van der Waals surface area contributed by atoms with Crippen LogP contribution in [0.2, 0.25) is 0 Å². The van der Waals surface area contributed by atoms with Crippen molar-refractivity contribution in [3.05, 3.63) is 71.8 Å². The van der Waals surface area contributed by atoms with Gasteiger partial charge >= 0.3 is 0 Å². The largest absolute Gasteiger partial charge is 0.505 e. The minimum absolute atomic E-state index is 0.0586. The van der Waals surface area contributed by atoms with E-state index in [0.29, 0.717) is 46.1 Å². The second-order valence-electron chi connectivity index (χ2n) is 8.31. The second kappa shape index (κ2) is 9.04. The van der Waals surface area contributed by atoms with Gasteiger partial charge in [0.1, 0.15) is 11.9 Å². The smallest absolute Gasteiger partial charge is 0.223 e. The van der Waals surface area contributed by atoms with E-state index < -0.39 is 17.4 Å². The Morgan fingerprint density at radius 3 is 2.71 bits per heavy atom. The van der Waals surface area contributed by atoms with E-state index >= 15 is 0 Å². The molecule has 1 unspecified atom stereocenters. The summed E-state index contributed by atoms with van der Waals surface area (Å²) in [7, 11) is 0. The van der Waals surface area contributed by atoms with E-state index in [1.54, 1.807) is 36.4 Å². The molecule has 5 rings (SSSR count). The number of nitriles is 1. The molecule has 0 saturated carbocycles. The SMILES string of the molecule is N#Cc1ccc(-c2nc(NCC3CCNC3)nc3ccc(-c4cccc(O)c4F)cc23)cc1F. The quantitative estimate of drug-likeness (QED) is 0.397. The van der Waals surface area contributed by atoms with Crippen molar-refractivity contribution in [1.82, 2.24) is 15.3 Å². The molecule has 2 heterocycles. The van der Waals surface area contributed by atoms with E-state index in [2.05, 4.69) is 20.6 Å². The summed E-state index contributed by atoms with van der Waals surface area (Å²) in [4.78, 5) is 9.29. The first kappa shape index (κ1) is 21.7. The maximum absolute atomic E-state index is 14.6. The summed E-state index contributed by atoms with van der Waals surface area (Å²) in [6.45, 7) is 2.61. The molecule has 0 bridgehead atoms. The Morgan fingerprint density at radius 1 is 1.09 bits per heavy atom. The number of hydrogen-bond donors (Lipinski definition) is 3. The summed E-state index contributed by atoms with van der Waals surface area (Å²) >= 11 is 0. The first-order valence-electron chi connectivity index (χ1n) is 11.0. The summed E-state index contributed by atoms with van der Waals surface area (Å²) in [6, 6.07) is 15.8. The van der Waals surface area contributed by atoms with Crippen molar-refractivity contribution in [2.75, 3.05) is 25.0 Å². The van der Waals surface area contributed by atoms with E-state index in [-0.39, 0.29) is 11.1 Å². The van der Waals surface area contributed by atoms with E-state index in [1.165, 1.54) is 18.2 Å². The molecule has 4 aromatic rings. The van der Waals surface area contributed by atoms with Crippen molar-refractivity contribution in [2.24, 2.45) is 5.92 Å². The molecule has 1 fully saturated rings. The van der Waals surface area contributed by atoms with Crippen LogP contribution in [0.25, 0.3) is 33.3 Å². The van der Waals surface area contributed by atoms with E-state index in [1.807, 2.05) is 6.07 Å². The second-order valence-corrected chi connectivity index (χ2v) is 8.31. The Morgan fingerprint density at radius 2 is 1.94 bits per heavy atom. The molecule has 170 valence electrons. The number of hydrogen-bond acceptors (Lipinski definition) is 6. The fourth-order valence-corrected chi connectivity index (χ4v) is 4.22. The maximum Gasteiger partial charge on any atom is 0.223 e. The van der Waals surface area contributed by atoms with Gasteiger partial charge in [0.15, 0.2) is 11.6 Å². The van der Waals surface area contributed by atoms with E-state index in [0.717, 1.165) is 19.5 Å². The maximum atomic E-state index is 14.6. The average molecular weight is 457 g/mol. The zero-order chi connectivity index (χ0) is 23.7. The van der Waals surface area contributed by atoms with Gasteiger partial charge in [-0.1, -0.05) is 24.3 Å². The molecule has 6 nitrogen and oxygen atoms in total. The van der Waals surface area contributed by atoms with Gasteiger partial charge in [-0.2, -0.15) is 5.26 Å². The third-order valence-corrected chi connectivity index (χ3v) is 6.06. The molecule has 0 amide bonds. The first-order chi connectivity index (χ1) is 16.5. The minimum Gasteiger partial charge on any atom is -0.505 e. The Balaban J connectivity index is 1.64. The number of rotatable bonds is 5. The van der Waals surface area contributed by atoms with Gasteiger partial charge in [0.05, 0.1) is 16.8 Å². The molecule has 0 spiro atoms. The minimum atomic E-state index is -0.725. The number of anilines is 1. The molecule has 0 aliphatic carbocycles. The van der Waals surface area contributed by atoms with Gasteiger partial charge in [-0.15, -0.1) is 0 Å².